The van der Waals surface area contributed by atoms with E-state index in [0.29, 0.717) is 6.54 Å². The zero-order valence-electron chi connectivity index (χ0n) is 14.8. The maximum Gasteiger partial charge on any atom is 0.387 e. The topological polar surface area (TPSA) is 100 Å². The molecule has 0 atom stereocenters. The first-order valence-corrected chi connectivity index (χ1v) is 8.31. The number of likely N-dealkylation sites (N-methyl/N-ethyl adjacent to an activating group) is 1. The van der Waals surface area contributed by atoms with Gasteiger partial charge in [0.15, 0.2) is 0 Å². The van der Waals surface area contributed by atoms with Crippen LogP contribution in [0.3, 0.4) is 0 Å². The number of benzene rings is 1. The number of carbonyl (C=O) groups excluding carboxylic acids is 1. The molecule has 0 aliphatic carbocycles. The third-order valence-corrected chi connectivity index (χ3v) is 4.06. The second-order valence-electron chi connectivity index (χ2n) is 6.05. The normalized spacial score (nSPS) is 16.0. The molecule has 0 saturated carbocycles. The molecule has 0 unspecified atom stereocenters. The minimum absolute atomic E-state index is 0.0381. The number of hydrogen-bond donors (Lipinski definition) is 1. The number of rotatable bonds is 8. The van der Waals surface area contributed by atoms with Crippen LogP contribution in [-0.2, 0) is 4.79 Å². The number of carbonyl (C=O) groups is 1. The molecular weight excluding hydrogens is 364 g/mol. The van der Waals surface area contributed by atoms with Crippen LogP contribution in [-0.4, -0.2) is 73.2 Å². The highest BCUT2D eigenvalue weighted by atomic mass is 19.3. The number of nitrogens with one attached hydrogen (secondary N) is 1. The van der Waals surface area contributed by atoms with E-state index in [1.54, 1.807) is 0 Å². The second kappa shape index (κ2) is 9.88. The number of nitro benzene ring substituents is 1. The van der Waals surface area contributed by atoms with Gasteiger partial charge in [-0.15, -0.1) is 0 Å². The van der Waals surface area contributed by atoms with Crippen LogP contribution in [0.1, 0.15) is 12.0 Å². The van der Waals surface area contributed by atoms with Crippen LogP contribution in [0.15, 0.2) is 23.3 Å². The van der Waals surface area contributed by atoms with Crippen molar-refractivity contribution in [2.24, 2.45) is 5.10 Å². The minimum atomic E-state index is -3.09. The molecule has 1 heterocycles. The zero-order valence-corrected chi connectivity index (χ0v) is 14.8. The van der Waals surface area contributed by atoms with Gasteiger partial charge in [0.1, 0.15) is 5.75 Å². The van der Waals surface area contributed by atoms with Crippen molar-refractivity contribution >= 4 is 17.8 Å². The summed E-state index contributed by atoms with van der Waals surface area (Å²) in [7, 11) is 2.04. The number of hydrazone groups is 1. The highest BCUT2D eigenvalue weighted by Crippen LogP contribution is 2.24. The van der Waals surface area contributed by atoms with Gasteiger partial charge >= 0.3 is 6.61 Å². The summed E-state index contributed by atoms with van der Waals surface area (Å²) in [6.45, 7) is 1.16. The fraction of sp³-hybridized carbons (Fsp3) is 0.500. The van der Waals surface area contributed by atoms with E-state index < -0.39 is 11.5 Å². The molecule has 1 aliphatic heterocycles. The van der Waals surface area contributed by atoms with E-state index in [9.17, 15) is 23.7 Å². The molecule has 1 saturated heterocycles. The van der Waals surface area contributed by atoms with E-state index in [1.165, 1.54) is 0 Å². The van der Waals surface area contributed by atoms with Gasteiger partial charge in [-0.1, -0.05) is 0 Å². The number of nitro groups is 1. The molecule has 1 aromatic carbocycles. The van der Waals surface area contributed by atoms with Gasteiger partial charge < -0.3 is 14.5 Å². The quantitative estimate of drug-likeness (QED) is 0.411. The van der Waals surface area contributed by atoms with Crippen molar-refractivity contribution in [2.75, 3.05) is 39.8 Å². The number of amides is 1. The maximum absolute atomic E-state index is 12.4. The van der Waals surface area contributed by atoms with E-state index in [4.69, 9.17) is 0 Å². The van der Waals surface area contributed by atoms with Crippen LogP contribution in [0.5, 0.6) is 5.75 Å². The summed E-state index contributed by atoms with van der Waals surface area (Å²) in [6.07, 6.45) is 1.27. The number of piperazine rings is 1. The molecule has 27 heavy (non-hydrogen) atoms. The van der Waals surface area contributed by atoms with Crippen LogP contribution in [0.2, 0.25) is 0 Å². The van der Waals surface area contributed by atoms with Crippen LogP contribution in [0.4, 0.5) is 14.5 Å². The number of ether oxygens (including phenoxy) is 1. The Morgan fingerprint density at radius 2 is 2.11 bits per heavy atom. The highest BCUT2D eigenvalue weighted by Gasteiger charge is 2.15. The van der Waals surface area contributed by atoms with E-state index >= 15 is 0 Å². The van der Waals surface area contributed by atoms with Crippen molar-refractivity contribution in [1.82, 2.24) is 15.2 Å². The molecule has 11 heteroatoms. The molecular formula is C16H21F2N5O4. The number of halogens is 2. The summed E-state index contributed by atoms with van der Waals surface area (Å²) in [4.78, 5) is 26.4. The lowest BCUT2D eigenvalue weighted by atomic mass is 10.2. The van der Waals surface area contributed by atoms with Gasteiger partial charge in [0.2, 0.25) is 5.91 Å². The SMILES string of the molecule is CN1CCN(CCC(=O)NN=Cc2cc([N+](=O)[O-])ccc2OC(F)F)CC1. The Kier molecular flexibility index (Phi) is 7.55. The highest BCUT2D eigenvalue weighted by molar-refractivity contribution is 5.86. The second-order valence-corrected chi connectivity index (χ2v) is 6.05. The molecule has 1 amide bonds. The van der Waals surface area contributed by atoms with E-state index in [-0.39, 0.29) is 29.3 Å². The molecule has 0 spiro atoms. The smallest absolute Gasteiger partial charge is 0.387 e. The van der Waals surface area contributed by atoms with E-state index in [2.05, 4.69) is 25.1 Å². The van der Waals surface area contributed by atoms with Gasteiger partial charge in [-0.25, -0.2) is 5.43 Å². The van der Waals surface area contributed by atoms with Crippen LogP contribution >= 0.6 is 0 Å². The Labute approximate surface area is 154 Å². The number of hydrogen-bond acceptors (Lipinski definition) is 7. The third-order valence-electron chi connectivity index (χ3n) is 4.06. The fourth-order valence-electron chi connectivity index (χ4n) is 2.51. The van der Waals surface area contributed by atoms with Gasteiger partial charge in [0.25, 0.3) is 5.69 Å². The summed E-state index contributed by atoms with van der Waals surface area (Å²) in [5.41, 5.74) is 1.95. The van der Waals surface area contributed by atoms with Crippen LogP contribution < -0.4 is 10.2 Å². The number of alkyl halides is 2. The molecule has 148 valence electrons. The van der Waals surface area contributed by atoms with Gasteiger partial charge in [0.05, 0.1) is 11.1 Å². The molecule has 0 radical (unpaired) electrons. The van der Waals surface area contributed by atoms with Crippen molar-refractivity contribution < 1.29 is 23.2 Å². The van der Waals surface area contributed by atoms with Crippen LogP contribution in [0, 0.1) is 10.1 Å². The molecule has 1 aliphatic rings. The van der Waals surface area contributed by atoms with Gasteiger partial charge in [-0.05, 0) is 13.1 Å². The number of non-ortho nitro benzene ring substituents is 1. The maximum atomic E-state index is 12.4. The molecule has 2 rings (SSSR count). The summed E-state index contributed by atoms with van der Waals surface area (Å²) in [5, 5.41) is 14.5. The first-order valence-electron chi connectivity index (χ1n) is 8.31. The lowest BCUT2D eigenvalue weighted by molar-refractivity contribution is -0.384. The molecule has 1 aromatic rings. The number of nitrogens with zero attached hydrogens (tertiary/aromatic N) is 4. The van der Waals surface area contributed by atoms with Crippen molar-refractivity contribution in [2.45, 2.75) is 13.0 Å². The fourth-order valence-corrected chi connectivity index (χ4v) is 2.51. The first-order chi connectivity index (χ1) is 12.8. The lowest BCUT2D eigenvalue weighted by Gasteiger charge is -2.32. The predicted molar refractivity (Wildman–Crippen MR) is 94.0 cm³/mol. The van der Waals surface area contributed by atoms with Crippen molar-refractivity contribution in [1.29, 1.82) is 0 Å². The zero-order chi connectivity index (χ0) is 19.8. The largest absolute Gasteiger partial charge is 0.434 e. The summed E-state index contributed by atoms with van der Waals surface area (Å²) in [6, 6.07) is 3.14. The first kappa shape index (κ1) is 20.6. The monoisotopic (exact) mass is 385 g/mol. The summed E-state index contributed by atoms with van der Waals surface area (Å²) >= 11 is 0. The van der Waals surface area contributed by atoms with Crippen molar-refractivity contribution in [3.63, 3.8) is 0 Å². The Balaban J connectivity index is 1.90. The standard InChI is InChI=1S/C16H21F2N5O4/c1-21-6-8-22(9-7-21)5-4-15(24)20-19-11-12-10-13(23(25)26)2-3-14(12)27-16(17)18/h2-3,10-11,16H,4-9H2,1H3,(H,20,24). The molecule has 9 nitrogen and oxygen atoms in total. The van der Waals surface area contributed by atoms with E-state index in [1.807, 2.05) is 7.05 Å². The van der Waals surface area contributed by atoms with Gasteiger partial charge in [-0.3, -0.25) is 14.9 Å². The van der Waals surface area contributed by atoms with Crippen molar-refractivity contribution in [3.8, 4) is 5.75 Å². The minimum Gasteiger partial charge on any atom is -0.434 e. The van der Waals surface area contributed by atoms with E-state index in [0.717, 1.165) is 50.6 Å². The Bertz CT molecular complexity index is 693. The van der Waals surface area contributed by atoms with Gasteiger partial charge in [0, 0.05) is 56.8 Å². The Hall–Kier alpha value is -2.66. The Morgan fingerprint density at radius 1 is 1.41 bits per heavy atom. The lowest BCUT2D eigenvalue weighted by Crippen LogP contribution is -2.45. The molecule has 1 fully saturated rings. The average Bonchev–Trinajstić information content (AvgIpc) is 2.62. The molecule has 0 aromatic heterocycles. The van der Waals surface area contributed by atoms with Crippen molar-refractivity contribution in [3.05, 3.63) is 33.9 Å². The van der Waals surface area contributed by atoms with Crippen LogP contribution in [0.25, 0.3) is 0 Å². The molecule has 0 bridgehead atoms. The Morgan fingerprint density at radius 3 is 2.74 bits per heavy atom. The third kappa shape index (κ3) is 6.87. The van der Waals surface area contributed by atoms with Gasteiger partial charge in [-0.2, -0.15) is 13.9 Å². The molecule has 1 N–H and O–H groups in total. The average molecular weight is 385 g/mol. The predicted octanol–water partition coefficient (Wildman–Crippen LogP) is 1.28. The summed E-state index contributed by atoms with van der Waals surface area (Å²) in [5.74, 6) is -0.613. The summed E-state index contributed by atoms with van der Waals surface area (Å²) < 4.78 is 29.2.